The van der Waals surface area contributed by atoms with Crippen LogP contribution in [0.1, 0.15) is 19.8 Å². The van der Waals surface area contributed by atoms with Gasteiger partial charge < -0.3 is 15.3 Å². The van der Waals surface area contributed by atoms with Crippen LogP contribution in [-0.4, -0.2) is 41.6 Å². The fourth-order valence-corrected chi connectivity index (χ4v) is 1.67. The third kappa shape index (κ3) is 3.56. The normalized spacial score (nSPS) is 16.9. The number of urea groups is 1. The smallest absolute Gasteiger partial charge is 0.317 e. The predicted molar refractivity (Wildman–Crippen MR) is 60.1 cm³/mol. The fraction of sp³-hybridized carbons (Fsp3) is 0.636. The van der Waals surface area contributed by atoms with E-state index in [4.69, 9.17) is 5.11 Å². The first-order valence-corrected chi connectivity index (χ1v) is 5.40. The molecule has 0 aromatic heterocycles. The number of carboxylic acid groups (broad SMARTS) is 1. The maximum atomic E-state index is 11.6. The minimum atomic E-state index is -0.762. The van der Waals surface area contributed by atoms with E-state index in [0.29, 0.717) is 32.5 Å². The molecular formula is C11H18N2O3. The Morgan fingerprint density at radius 2 is 2.00 bits per heavy atom. The third-order valence-corrected chi connectivity index (χ3v) is 2.67. The minimum absolute atomic E-state index is 0.133. The fourth-order valence-electron chi connectivity index (χ4n) is 1.67. The molecule has 5 nitrogen and oxygen atoms in total. The van der Waals surface area contributed by atoms with Gasteiger partial charge in [0.25, 0.3) is 0 Å². The van der Waals surface area contributed by atoms with Gasteiger partial charge in [0.15, 0.2) is 0 Å². The zero-order chi connectivity index (χ0) is 12.1. The topological polar surface area (TPSA) is 69.6 Å². The number of nitrogens with one attached hydrogen (secondary N) is 1. The number of carboxylic acids is 1. The average molecular weight is 226 g/mol. The Balaban J connectivity index is 2.33. The van der Waals surface area contributed by atoms with Gasteiger partial charge in [0, 0.05) is 19.6 Å². The Bertz CT molecular complexity index is 294. The summed E-state index contributed by atoms with van der Waals surface area (Å²) in [6, 6.07) is -0.133. The summed E-state index contributed by atoms with van der Waals surface area (Å²) in [6.45, 7) is 7.04. The number of aliphatic carboxylic acids is 1. The van der Waals surface area contributed by atoms with Crippen LogP contribution in [-0.2, 0) is 4.79 Å². The van der Waals surface area contributed by atoms with Crippen LogP contribution in [0.4, 0.5) is 4.79 Å². The molecule has 0 aromatic rings. The number of amides is 2. The zero-order valence-corrected chi connectivity index (χ0v) is 9.53. The van der Waals surface area contributed by atoms with Crippen molar-refractivity contribution >= 4 is 12.0 Å². The molecule has 0 unspecified atom stereocenters. The molecule has 16 heavy (non-hydrogen) atoms. The number of carbonyl (C=O) groups excluding carboxylic acids is 1. The van der Waals surface area contributed by atoms with E-state index in [-0.39, 0.29) is 11.9 Å². The van der Waals surface area contributed by atoms with Gasteiger partial charge >= 0.3 is 12.0 Å². The largest absolute Gasteiger partial charge is 0.481 e. The molecule has 2 N–H and O–H groups in total. The molecule has 1 rings (SSSR count). The lowest BCUT2D eigenvalue weighted by molar-refractivity contribution is -0.143. The molecule has 0 bridgehead atoms. The standard InChI is InChI=1S/C11H18N2O3/c1-8(2)7-12-11(16)13-5-3-9(4-6-13)10(14)15/h9H,1,3-7H2,2H3,(H,12,16)(H,14,15). The van der Waals surface area contributed by atoms with E-state index < -0.39 is 5.97 Å². The van der Waals surface area contributed by atoms with Crippen LogP contribution in [0.2, 0.25) is 0 Å². The van der Waals surface area contributed by atoms with E-state index >= 15 is 0 Å². The molecule has 90 valence electrons. The van der Waals surface area contributed by atoms with Crippen LogP contribution >= 0.6 is 0 Å². The van der Waals surface area contributed by atoms with Crippen LogP contribution in [0.25, 0.3) is 0 Å². The third-order valence-electron chi connectivity index (χ3n) is 2.67. The summed E-state index contributed by atoms with van der Waals surface area (Å²) < 4.78 is 0. The van der Waals surface area contributed by atoms with E-state index in [1.165, 1.54) is 0 Å². The van der Waals surface area contributed by atoms with E-state index in [1.54, 1.807) is 4.90 Å². The van der Waals surface area contributed by atoms with Gasteiger partial charge in [-0.1, -0.05) is 12.2 Å². The average Bonchev–Trinajstić information content (AvgIpc) is 2.26. The first-order chi connectivity index (χ1) is 7.50. The van der Waals surface area contributed by atoms with Gasteiger partial charge in [0.2, 0.25) is 0 Å². The maximum absolute atomic E-state index is 11.6. The molecular weight excluding hydrogens is 208 g/mol. The number of rotatable bonds is 3. The molecule has 5 heteroatoms. The van der Waals surface area contributed by atoms with Crippen LogP contribution in [0, 0.1) is 5.92 Å². The molecule has 0 spiro atoms. The Hall–Kier alpha value is -1.52. The molecule has 2 amide bonds. The van der Waals surface area contributed by atoms with Crippen LogP contribution in [0.15, 0.2) is 12.2 Å². The van der Waals surface area contributed by atoms with Crippen molar-refractivity contribution in [3.8, 4) is 0 Å². The zero-order valence-electron chi connectivity index (χ0n) is 9.53. The molecule has 0 radical (unpaired) electrons. The van der Waals surface area contributed by atoms with Crippen LogP contribution in [0.5, 0.6) is 0 Å². The monoisotopic (exact) mass is 226 g/mol. The first kappa shape index (κ1) is 12.5. The summed E-state index contributed by atoms with van der Waals surface area (Å²) in [6.07, 6.45) is 1.08. The van der Waals surface area contributed by atoms with Crippen molar-refractivity contribution in [2.45, 2.75) is 19.8 Å². The number of likely N-dealkylation sites (tertiary alicyclic amines) is 1. The summed E-state index contributed by atoms with van der Waals surface area (Å²) >= 11 is 0. The van der Waals surface area contributed by atoms with Gasteiger partial charge in [-0.05, 0) is 19.8 Å². The van der Waals surface area contributed by atoms with Crippen molar-refractivity contribution in [3.05, 3.63) is 12.2 Å². The van der Waals surface area contributed by atoms with Gasteiger partial charge in [-0.15, -0.1) is 0 Å². The second kappa shape index (κ2) is 5.53. The highest BCUT2D eigenvalue weighted by Gasteiger charge is 2.26. The van der Waals surface area contributed by atoms with Crippen LogP contribution in [0.3, 0.4) is 0 Å². The highest BCUT2D eigenvalue weighted by molar-refractivity contribution is 5.75. The second-order valence-electron chi connectivity index (χ2n) is 4.22. The molecule has 0 atom stereocenters. The highest BCUT2D eigenvalue weighted by Crippen LogP contribution is 2.17. The van der Waals surface area contributed by atoms with Crippen molar-refractivity contribution in [2.24, 2.45) is 5.92 Å². The number of piperidine rings is 1. The summed E-state index contributed by atoms with van der Waals surface area (Å²) in [7, 11) is 0. The van der Waals surface area contributed by atoms with Crippen molar-refractivity contribution in [1.29, 1.82) is 0 Å². The van der Waals surface area contributed by atoms with Crippen molar-refractivity contribution in [2.75, 3.05) is 19.6 Å². The number of nitrogens with zero attached hydrogens (tertiary/aromatic N) is 1. The van der Waals surface area contributed by atoms with Gasteiger partial charge in [-0.3, -0.25) is 4.79 Å². The molecule has 1 heterocycles. The van der Waals surface area contributed by atoms with Gasteiger partial charge in [0.05, 0.1) is 5.92 Å². The summed E-state index contributed by atoms with van der Waals surface area (Å²) in [5.41, 5.74) is 0.897. The van der Waals surface area contributed by atoms with Crippen molar-refractivity contribution < 1.29 is 14.7 Å². The summed E-state index contributed by atoms with van der Waals surface area (Å²) in [5.74, 6) is -1.06. The Morgan fingerprint density at radius 3 is 2.44 bits per heavy atom. The summed E-state index contributed by atoms with van der Waals surface area (Å²) in [5, 5.41) is 11.5. The lowest BCUT2D eigenvalue weighted by Crippen LogP contribution is -2.45. The quantitative estimate of drug-likeness (QED) is 0.707. The Morgan fingerprint density at radius 1 is 1.44 bits per heavy atom. The van der Waals surface area contributed by atoms with Gasteiger partial charge in [0.1, 0.15) is 0 Å². The molecule has 0 aromatic carbocycles. The van der Waals surface area contributed by atoms with Crippen molar-refractivity contribution in [1.82, 2.24) is 10.2 Å². The SMILES string of the molecule is C=C(C)CNC(=O)N1CCC(C(=O)O)CC1. The molecule has 1 aliphatic rings. The second-order valence-corrected chi connectivity index (χ2v) is 4.22. The molecule has 1 fully saturated rings. The molecule has 0 saturated carbocycles. The number of carbonyl (C=O) groups is 2. The molecule has 1 saturated heterocycles. The minimum Gasteiger partial charge on any atom is -0.481 e. The van der Waals surface area contributed by atoms with Crippen molar-refractivity contribution in [3.63, 3.8) is 0 Å². The summed E-state index contributed by atoms with van der Waals surface area (Å²) in [4.78, 5) is 24.0. The van der Waals surface area contributed by atoms with E-state index in [1.807, 2.05) is 6.92 Å². The van der Waals surface area contributed by atoms with Gasteiger partial charge in [-0.2, -0.15) is 0 Å². The highest BCUT2D eigenvalue weighted by atomic mass is 16.4. The predicted octanol–water partition coefficient (Wildman–Crippen LogP) is 1.07. The molecule has 1 aliphatic heterocycles. The van der Waals surface area contributed by atoms with E-state index in [9.17, 15) is 9.59 Å². The first-order valence-electron chi connectivity index (χ1n) is 5.40. The Kier molecular flexibility index (Phi) is 4.34. The van der Waals surface area contributed by atoms with Crippen LogP contribution < -0.4 is 5.32 Å². The number of hydrogen-bond acceptors (Lipinski definition) is 2. The lowest BCUT2D eigenvalue weighted by atomic mass is 9.97. The number of hydrogen-bond donors (Lipinski definition) is 2. The lowest BCUT2D eigenvalue weighted by Gasteiger charge is -2.30. The van der Waals surface area contributed by atoms with Gasteiger partial charge in [-0.25, -0.2) is 4.79 Å². The Labute approximate surface area is 95.1 Å². The van der Waals surface area contributed by atoms with E-state index in [0.717, 1.165) is 5.57 Å². The van der Waals surface area contributed by atoms with E-state index in [2.05, 4.69) is 11.9 Å². The molecule has 0 aliphatic carbocycles. The maximum Gasteiger partial charge on any atom is 0.317 e.